The number of hydrogen-bond acceptors (Lipinski definition) is 3. The second kappa shape index (κ2) is 8.94. The Hall–Kier alpha value is -3.09. The third-order valence-electron chi connectivity index (χ3n) is 4.17. The first-order valence-corrected chi connectivity index (χ1v) is 10.6. The fourth-order valence-electron chi connectivity index (χ4n) is 2.56. The first-order valence-electron chi connectivity index (χ1n) is 8.77. The van der Waals surface area contributed by atoms with Gasteiger partial charge in [-0.15, -0.1) is 0 Å². The van der Waals surface area contributed by atoms with E-state index in [4.69, 9.17) is 11.6 Å². The molecule has 0 aromatic heterocycles. The highest BCUT2D eigenvalue weighted by Crippen LogP contribution is 2.25. The van der Waals surface area contributed by atoms with Crippen LogP contribution in [0.3, 0.4) is 0 Å². The minimum atomic E-state index is -3.78. The third kappa shape index (κ3) is 5.47. The van der Waals surface area contributed by atoms with Gasteiger partial charge in [-0.2, -0.15) is 0 Å². The van der Waals surface area contributed by atoms with E-state index in [0.717, 1.165) is 5.56 Å². The van der Waals surface area contributed by atoms with Gasteiger partial charge in [0, 0.05) is 16.8 Å². The van der Waals surface area contributed by atoms with Crippen molar-refractivity contribution in [1.82, 2.24) is 0 Å². The topological polar surface area (TPSA) is 75.3 Å². The second-order valence-electron chi connectivity index (χ2n) is 6.28. The van der Waals surface area contributed by atoms with E-state index in [1.165, 1.54) is 30.3 Å². The van der Waals surface area contributed by atoms with Gasteiger partial charge >= 0.3 is 0 Å². The number of carbonyl (C=O) groups excluding carboxylic acids is 1. The molecule has 0 spiro atoms. The molecule has 0 bridgehead atoms. The van der Waals surface area contributed by atoms with Crippen molar-refractivity contribution in [3.05, 3.63) is 95.0 Å². The molecule has 0 unspecified atom stereocenters. The highest BCUT2D eigenvalue weighted by molar-refractivity contribution is 7.92. The van der Waals surface area contributed by atoms with E-state index in [1.807, 2.05) is 30.3 Å². The molecule has 2 N–H and O–H groups in total. The third-order valence-corrected chi connectivity index (χ3v) is 5.96. The van der Waals surface area contributed by atoms with Crippen LogP contribution in [0.25, 0.3) is 6.08 Å². The molecule has 3 aromatic rings. The Kier molecular flexibility index (Phi) is 6.36. The van der Waals surface area contributed by atoms with Crippen molar-refractivity contribution in [1.29, 1.82) is 0 Å². The molecule has 0 aliphatic heterocycles. The van der Waals surface area contributed by atoms with Gasteiger partial charge in [0.15, 0.2) is 0 Å². The maximum atomic E-state index is 12.6. The minimum absolute atomic E-state index is 0.0784. The van der Waals surface area contributed by atoms with E-state index in [0.29, 0.717) is 22.0 Å². The number of benzene rings is 3. The molecule has 0 radical (unpaired) electrons. The number of halogens is 1. The van der Waals surface area contributed by atoms with Crippen LogP contribution >= 0.6 is 11.6 Å². The van der Waals surface area contributed by atoms with Gasteiger partial charge in [-0.25, -0.2) is 8.42 Å². The van der Waals surface area contributed by atoms with E-state index in [9.17, 15) is 13.2 Å². The van der Waals surface area contributed by atoms with Crippen molar-refractivity contribution >= 4 is 45.0 Å². The lowest BCUT2D eigenvalue weighted by Gasteiger charge is -2.12. The summed E-state index contributed by atoms with van der Waals surface area (Å²) in [5.74, 6) is -0.308. The highest BCUT2D eigenvalue weighted by atomic mass is 35.5. The zero-order chi connectivity index (χ0) is 20.9. The van der Waals surface area contributed by atoms with Crippen LogP contribution in [0.5, 0.6) is 0 Å². The van der Waals surface area contributed by atoms with Gasteiger partial charge in [-0.3, -0.25) is 9.52 Å². The molecule has 0 atom stereocenters. The Morgan fingerprint density at radius 3 is 2.31 bits per heavy atom. The highest BCUT2D eigenvalue weighted by Gasteiger charge is 2.16. The number of sulfonamides is 1. The van der Waals surface area contributed by atoms with E-state index >= 15 is 0 Å². The van der Waals surface area contributed by atoms with Crippen LogP contribution in [0.4, 0.5) is 11.4 Å². The predicted octanol–water partition coefficient (Wildman–Crippen LogP) is 5.10. The van der Waals surface area contributed by atoms with E-state index in [-0.39, 0.29) is 10.8 Å². The summed E-state index contributed by atoms with van der Waals surface area (Å²) in [5.41, 5.74) is 2.46. The van der Waals surface area contributed by atoms with Crippen molar-refractivity contribution in [2.24, 2.45) is 0 Å². The molecule has 0 heterocycles. The summed E-state index contributed by atoms with van der Waals surface area (Å²) in [5, 5.41) is 3.18. The summed E-state index contributed by atoms with van der Waals surface area (Å²) in [7, 11) is -3.78. The predicted molar refractivity (Wildman–Crippen MR) is 118 cm³/mol. The van der Waals surface area contributed by atoms with Crippen LogP contribution < -0.4 is 10.0 Å². The average Bonchev–Trinajstić information content (AvgIpc) is 2.71. The largest absolute Gasteiger partial charge is 0.323 e. The number of nitrogens with one attached hydrogen (secondary N) is 2. The van der Waals surface area contributed by atoms with Crippen molar-refractivity contribution < 1.29 is 13.2 Å². The van der Waals surface area contributed by atoms with Gasteiger partial charge < -0.3 is 5.32 Å². The van der Waals surface area contributed by atoms with Gasteiger partial charge in [0.2, 0.25) is 5.91 Å². The molecule has 0 saturated carbocycles. The number of carbonyl (C=O) groups is 1. The van der Waals surface area contributed by atoms with Gasteiger partial charge in [0.25, 0.3) is 10.0 Å². The Bertz CT molecular complexity index is 1140. The van der Waals surface area contributed by atoms with Gasteiger partial charge in [0.05, 0.1) is 10.6 Å². The van der Waals surface area contributed by atoms with E-state index < -0.39 is 10.0 Å². The van der Waals surface area contributed by atoms with Gasteiger partial charge in [-0.1, -0.05) is 48.0 Å². The summed E-state index contributed by atoms with van der Waals surface area (Å²) in [6, 6.07) is 20.4. The van der Waals surface area contributed by atoms with Crippen molar-refractivity contribution in [2.75, 3.05) is 10.0 Å². The van der Waals surface area contributed by atoms with E-state index in [1.54, 1.807) is 31.2 Å². The average molecular weight is 427 g/mol. The number of amides is 1. The summed E-state index contributed by atoms with van der Waals surface area (Å²) in [6.45, 7) is 1.74. The quantitative estimate of drug-likeness (QED) is 0.538. The Morgan fingerprint density at radius 1 is 0.931 bits per heavy atom. The molecule has 0 aliphatic rings. The standard InChI is InChI=1S/C22H19ClN2O3S/c1-16-20(23)8-5-9-21(16)25-29(27,28)19-13-11-18(12-14-19)24-22(26)15-10-17-6-3-2-4-7-17/h2-15,25H,1H3,(H,24,26). The Balaban J connectivity index is 1.68. The summed E-state index contributed by atoms with van der Waals surface area (Å²) >= 11 is 6.04. The van der Waals surface area contributed by atoms with Crippen molar-refractivity contribution in [3.8, 4) is 0 Å². The SMILES string of the molecule is Cc1c(Cl)cccc1NS(=O)(=O)c1ccc(NC(=O)C=Cc2ccccc2)cc1. The lowest BCUT2D eigenvalue weighted by Crippen LogP contribution is -2.14. The van der Waals surface area contributed by atoms with E-state index in [2.05, 4.69) is 10.0 Å². The van der Waals surface area contributed by atoms with Crippen LogP contribution in [0.15, 0.2) is 83.8 Å². The molecule has 0 saturated heterocycles. The molecular formula is C22H19ClN2O3S. The summed E-state index contributed by atoms with van der Waals surface area (Å²) < 4.78 is 27.7. The fourth-order valence-corrected chi connectivity index (χ4v) is 3.86. The second-order valence-corrected chi connectivity index (χ2v) is 8.37. The summed E-state index contributed by atoms with van der Waals surface area (Å²) in [4.78, 5) is 12.1. The van der Waals surface area contributed by atoms with Crippen molar-refractivity contribution in [3.63, 3.8) is 0 Å². The minimum Gasteiger partial charge on any atom is -0.323 e. The zero-order valence-electron chi connectivity index (χ0n) is 15.6. The smallest absolute Gasteiger partial charge is 0.261 e. The molecule has 7 heteroatoms. The molecule has 3 rings (SSSR count). The lowest BCUT2D eigenvalue weighted by molar-refractivity contribution is -0.111. The van der Waals surface area contributed by atoms with Gasteiger partial charge in [0.1, 0.15) is 0 Å². The molecule has 148 valence electrons. The van der Waals surface area contributed by atoms with Gasteiger partial charge in [-0.05, 0) is 60.5 Å². The molecule has 0 aliphatic carbocycles. The number of anilines is 2. The molecule has 3 aromatic carbocycles. The number of rotatable bonds is 6. The van der Waals surface area contributed by atoms with Crippen LogP contribution in [0, 0.1) is 6.92 Å². The molecule has 5 nitrogen and oxygen atoms in total. The molecular weight excluding hydrogens is 408 g/mol. The summed E-state index contributed by atoms with van der Waals surface area (Å²) in [6.07, 6.45) is 3.12. The first-order chi connectivity index (χ1) is 13.8. The number of hydrogen-bond donors (Lipinski definition) is 2. The monoisotopic (exact) mass is 426 g/mol. The van der Waals surface area contributed by atoms with Crippen LogP contribution in [0.2, 0.25) is 5.02 Å². The van der Waals surface area contributed by atoms with Crippen molar-refractivity contribution in [2.45, 2.75) is 11.8 Å². The molecule has 0 fully saturated rings. The fraction of sp³-hybridized carbons (Fsp3) is 0.0455. The first kappa shape index (κ1) is 20.6. The van der Waals surface area contributed by atoms with Crippen LogP contribution in [0.1, 0.15) is 11.1 Å². The van der Waals surface area contributed by atoms with Crippen LogP contribution in [-0.2, 0) is 14.8 Å². The lowest BCUT2D eigenvalue weighted by atomic mass is 10.2. The maximum absolute atomic E-state index is 12.6. The molecule has 1 amide bonds. The maximum Gasteiger partial charge on any atom is 0.261 e. The Morgan fingerprint density at radius 2 is 1.62 bits per heavy atom. The van der Waals surface area contributed by atoms with Crippen LogP contribution in [-0.4, -0.2) is 14.3 Å². The Labute approximate surface area is 175 Å². The molecule has 29 heavy (non-hydrogen) atoms. The normalized spacial score (nSPS) is 11.4. The zero-order valence-corrected chi connectivity index (χ0v) is 17.2.